The fraction of sp³-hybridized carbons (Fsp3) is 0.455. The second kappa shape index (κ2) is 4.91. The summed E-state index contributed by atoms with van der Waals surface area (Å²) in [6.45, 7) is 4.01. The second-order valence-electron chi connectivity index (χ2n) is 3.82. The molecule has 0 spiro atoms. The molecule has 3 heteroatoms. The third-order valence-electron chi connectivity index (χ3n) is 2.32. The lowest BCUT2D eigenvalue weighted by Gasteiger charge is -2.22. The molecule has 2 nitrogen and oxygen atoms in total. The van der Waals surface area contributed by atoms with Crippen LogP contribution >= 0.6 is 15.9 Å². The minimum absolute atomic E-state index is 0.218. The van der Waals surface area contributed by atoms with Crippen molar-refractivity contribution < 1.29 is 5.11 Å². The van der Waals surface area contributed by atoms with Crippen LogP contribution in [0.2, 0.25) is 0 Å². The van der Waals surface area contributed by atoms with Crippen LogP contribution in [0, 0.1) is 5.92 Å². The summed E-state index contributed by atoms with van der Waals surface area (Å²) in [7, 11) is 0. The average Bonchev–Trinajstić information content (AvgIpc) is 2.15. The zero-order valence-electron chi connectivity index (χ0n) is 8.44. The highest BCUT2D eigenvalue weighted by atomic mass is 79.9. The van der Waals surface area contributed by atoms with E-state index in [2.05, 4.69) is 15.9 Å². The Morgan fingerprint density at radius 1 is 1.36 bits per heavy atom. The number of hydrogen-bond donors (Lipinski definition) is 2. The summed E-state index contributed by atoms with van der Waals surface area (Å²) in [6.07, 6.45) is -0.590. The van der Waals surface area contributed by atoms with E-state index in [1.54, 1.807) is 0 Å². The number of aliphatic hydroxyl groups excluding tert-OH is 1. The first-order valence-corrected chi connectivity index (χ1v) is 5.50. The third-order valence-corrected chi connectivity index (χ3v) is 2.82. The van der Waals surface area contributed by atoms with Crippen LogP contribution < -0.4 is 5.73 Å². The maximum absolute atomic E-state index is 9.94. The summed E-state index contributed by atoms with van der Waals surface area (Å²) >= 11 is 3.36. The molecular weight excluding hydrogens is 242 g/mol. The van der Waals surface area contributed by atoms with Crippen molar-refractivity contribution in [2.45, 2.75) is 26.0 Å². The average molecular weight is 258 g/mol. The molecule has 0 saturated carbocycles. The highest BCUT2D eigenvalue weighted by molar-refractivity contribution is 9.10. The molecule has 0 aliphatic rings. The Labute approximate surface area is 93.3 Å². The topological polar surface area (TPSA) is 46.2 Å². The quantitative estimate of drug-likeness (QED) is 0.874. The van der Waals surface area contributed by atoms with E-state index in [0.717, 1.165) is 10.0 Å². The van der Waals surface area contributed by atoms with E-state index in [1.165, 1.54) is 0 Å². The highest BCUT2D eigenvalue weighted by Crippen LogP contribution is 2.22. The lowest BCUT2D eigenvalue weighted by Crippen LogP contribution is -2.33. The van der Waals surface area contributed by atoms with Crippen molar-refractivity contribution in [3.05, 3.63) is 34.3 Å². The highest BCUT2D eigenvalue weighted by Gasteiger charge is 2.19. The van der Waals surface area contributed by atoms with E-state index in [9.17, 15) is 5.11 Å². The van der Waals surface area contributed by atoms with Gasteiger partial charge in [0.2, 0.25) is 0 Å². The van der Waals surface area contributed by atoms with Gasteiger partial charge in [0.25, 0.3) is 0 Å². The standard InChI is InChI=1S/C11H16BrNO/c1-7(2)10(13)11(14)8-4-3-5-9(12)6-8/h3-7,10-11,14H,13H2,1-2H3. The van der Waals surface area contributed by atoms with E-state index in [0.29, 0.717) is 0 Å². The van der Waals surface area contributed by atoms with Gasteiger partial charge in [0.1, 0.15) is 0 Å². The van der Waals surface area contributed by atoms with Gasteiger partial charge < -0.3 is 10.8 Å². The molecule has 0 heterocycles. The van der Waals surface area contributed by atoms with Gasteiger partial charge in [-0.1, -0.05) is 41.9 Å². The van der Waals surface area contributed by atoms with E-state index >= 15 is 0 Å². The van der Waals surface area contributed by atoms with Gasteiger partial charge in [-0.15, -0.1) is 0 Å². The summed E-state index contributed by atoms with van der Waals surface area (Å²) in [5.41, 5.74) is 6.74. The molecular formula is C11H16BrNO. The molecule has 2 unspecified atom stereocenters. The largest absolute Gasteiger partial charge is 0.387 e. The van der Waals surface area contributed by atoms with Gasteiger partial charge in [0.05, 0.1) is 6.10 Å². The maximum Gasteiger partial charge on any atom is 0.0943 e. The molecule has 3 N–H and O–H groups in total. The summed E-state index contributed by atoms with van der Waals surface area (Å²) < 4.78 is 0.963. The number of nitrogens with two attached hydrogens (primary N) is 1. The normalized spacial score (nSPS) is 15.6. The summed E-state index contributed by atoms with van der Waals surface area (Å²) in [5.74, 6) is 0.268. The molecule has 1 aromatic carbocycles. The molecule has 0 bridgehead atoms. The summed E-state index contributed by atoms with van der Waals surface area (Å²) in [4.78, 5) is 0. The molecule has 0 aliphatic carbocycles. The Balaban J connectivity index is 2.83. The maximum atomic E-state index is 9.94. The first kappa shape index (κ1) is 11.7. The van der Waals surface area contributed by atoms with Gasteiger partial charge in [-0.05, 0) is 23.6 Å². The lowest BCUT2D eigenvalue weighted by molar-refractivity contribution is 0.125. The second-order valence-corrected chi connectivity index (χ2v) is 4.74. The Morgan fingerprint density at radius 2 is 2.00 bits per heavy atom. The van der Waals surface area contributed by atoms with Gasteiger partial charge in [-0.3, -0.25) is 0 Å². The van der Waals surface area contributed by atoms with Crippen molar-refractivity contribution in [2.75, 3.05) is 0 Å². The molecule has 0 aromatic heterocycles. The van der Waals surface area contributed by atoms with Crippen molar-refractivity contribution in [1.82, 2.24) is 0 Å². The Bertz CT molecular complexity index is 301. The van der Waals surface area contributed by atoms with Gasteiger partial charge in [-0.25, -0.2) is 0 Å². The predicted molar refractivity (Wildman–Crippen MR) is 61.9 cm³/mol. The van der Waals surface area contributed by atoms with E-state index in [4.69, 9.17) is 5.73 Å². The van der Waals surface area contributed by atoms with Gasteiger partial charge >= 0.3 is 0 Å². The molecule has 2 atom stereocenters. The van der Waals surface area contributed by atoms with Crippen molar-refractivity contribution in [1.29, 1.82) is 0 Å². The SMILES string of the molecule is CC(C)C(N)C(O)c1cccc(Br)c1. The zero-order chi connectivity index (χ0) is 10.7. The number of hydrogen-bond acceptors (Lipinski definition) is 2. The van der Waals surface area contributed by atoms with Crippen LogP contribution in [0.25, 0.3) is 0 Å². The molecule has 0 radical (unpaired) electrons. The first-order valence-electron chi connectivity index (χ1n) is 4.71. The number of benzene rings is 1. The molecule has 0 amide bonds. The monoisotopic (exact) mass is 257 g/mol. The fourth-order valence-electron chi connectivity index (χ4n) is 1.28. The number of halogens is 1. The Hall–Kier alpha value is -0.380. The van der Waals surface area contributed by atoms with Crippen molar-refractivity contribution in [3.8, 4) is 0 Å². The van der Waals surface area contributed by atoms with E-state index in [1.807, 2.05) is 38.1 Å². The molecule has 1 rings (SSSR count). The first-order chi connectivity index (χ1) is 6.52. The fourth-order valence-corrected chi connectivity index (χ4v) is 1.69. The van der Waals surface area contributed by atoms with Crippen molar-refractivity contribution >= 4 is 15.9 Å². The van der Waals surface area contributed by atoms with Crippen LogP contribution in [-0.4, -0.2) is 11.1 Å². The predicted octanol–water partition coefficient (Wildman–Crippen LogP) is 2.47. The smallest absolute Gasteiger partial charge is 0.0943 e. The molecule has 1 aromatic rings. The van der Waals surface area contributed by atoms with Gasteiger partial charge in [-0.2, -0.15) is 0 Å². The molecule has 0 saturated heterocycles. The van der Waals surface area contributed by atoms with Gasteiger partial charge in [0, 0.05) is 10.5 Å². The van der Waals surface area contributed by atoms with Crippen LogP contribution in [0.1, 0.15) is 25.5 Å². The molecule has 0 fully saturated rings. The molecule has 0 aliphatic heterocycles. The third kappa shape index (κ3) is 2.80. The minimum Gasteiger partial charge on any atom is -0.387 e. The number of aliphatic hydroxyl groups is 1. The minimum atomic E-state index is -0.590. The van der Waals surface area contributed by atoms with Crippen LogP contribution in [0.4, 0.5) is 0 Å². The van der Waals surface area contributed by atoms with Crippen LogP contribution in [0.3, 0.4) is 0 Å². The number of rotatable bonds is 3. The van der Waals surface area contributed by atoms with Crippen molar-refractivity contribution in [3.63, 3.8) is 0 Å². The summed E-state index contributed by atoms with van der Waals surface area (Å²) in [6, 6.07) is 7.39. The molecule has 78 valence electrons. The lowest BCUT2D eigenvalue weighted by atomic mass is 9.94. The van der Waals surface area contributed by atoms with Crippen LogP contribution in [0.5, 0.6) is 0 Å². The van der Waals surface area contributed by atoms with Crippen LogP contribution in [0.15, 0.2) is 28.7 Å². The van der Waals surface area contributed by atoms with Gasteiger partial charge in [0.15, 0.2) is 0 Å². The Kier molecular flexibility index (Phi) is 4.11. The summed E-state index contributed by atoms with van der Waals surface area (Å²) in [5, 5.41) is 9.94. The van der Waals surface area contributed by atoms with Crippen molar-refractivity contribution in [2.24, 2.45) is 11.7 Å². The van der Waals surface area contributed by atoms with Crippen LogP contribution in [-0.2, 0) is 0 Å². The van der Waals surface area contributed by atoms with E-state index in [-0.39, 0.29) is 12.0 Å². The van der Waals surface area contributed by atoms with E-state index < -0.39 is 6.10 Å². The Morgan fingerprint density at radius 3 is 2.50 bits per heavy atom. The zero-order valence-corrected chi connectivity index (χ0v) is 10.0. The molecule has 14 heavy (non-hydrogen) atoms.